The summed E-state index contributed by atoms with van der Waals surface area (Å²) in [4.78, 5) is 15.5. The maximum Gasteiger partial charge on any atom is 0.307 e. The second-order valence-electron chi connectivity index (χ2n) is 4.42. The van der Waals surface area contributed by atoms with E-state index < -0.39 is 11.9 Å². The van der Waals surface area contributed by atoms with E-state index in [0.717, 1.165) is 11.4 Å². The topological polar surface area (TPSA) is 68.0 Å². The lowest BCUT2D eigenvalue weighted by Gasteiger charge is -2.12. The standard InChI is InChI=1S/C14H17N3O2/c1-2-17-13(15-10-16-17)9-12(14(18)19)8-11-6-4-3-5-7-11/h3-7,10,12H,2,8-9H2,1H3,(H,18,19). The van der Waals surface area contributed by atoms with E-state index in [2.05, 4.69) is 10.1 Å². The van der Waals surface area contributed by atoms with Crippen LogP contribution in [-0.4, -0.2) is 25.8 Å². The Bertz CT molecular complexity index is 537. The molecular weight excluding hydrogens is 242 g/mol. The molecular formula is C14H17N3O2. The first kappa shape index (κ1) is 13.3. The molecule has 0 fully saturated rings. The highest BCUT2D eigenvalue weighted by molar-refractivity contribution is 5.70. The van der Waals surface area contributed by atoms with Gasteiger partial charge in [0.25, 0.3) is 0 Å². The van der Waals surface area contributed by atoms with Crippen molar-refractivity contribution in [3.05, 3.63) is 48.0 Å². The highest BCUT2D eigenvalue weighted by Crippen LogP contribution is 2.14. The fourth-order valence-electron chi connectivity index (χ4n) is 2.08. The molecule has 1 atom stereocenters. The summed E-state index contributed by atoms with van der Waals surface area (Å²) in [5.41, 5.74) is 1.03. The Kier molecular flexibility index (Phi) is 4.28. The summed E-state index contributed by atoms with van der Waals surface area (Å²) in [6, 6.07) is 9.65. The van der Waals surface area contributed by atoms with Crippen LogP contribution >= 0.6 is 0 Å². The number of hydrogen-bond donors (Lipinski definition) is 1. The van der Waals surface area contributed by atoms with Gasteiger partial charge >= 0.3 is 5.97 Å². The zero-order valence-electron chi connectivity index (χ0n) is 10.9. The van der Waals surface area contributed by atoms with Crippen LogP contribution in [0.15, 0.2) is 36.7 Å². The molecule has 0 spiro atoms. The van der Waals surface area contributed by atoms with E-state index in [9.17, 15) is 9.90 Å². The molecule has 19 heavy (non-hydrogen) atoms. The van der Waals surface area contributed by atoms with Crippen LogP contribution in [0.25, 0.3) is 0 Å². The van der Waals surface area contributed by atoms with Crippen molar-refractivity contribution in [1.29, 1.82) is 0 Å². The van der Waals surface area contributed by atoms with E-state index >= 15 is 0 Å². The molecule has 0 saturated carbocycles. The van der Waals surface area contributed by atoms with Crippen LogP contribution in [0.2, 0.25) is 0 Å². The van der Waals surface area contributed by atoms with Crippen LogP contribution in [0.5, 0.6) is 0 Å². The summed E-state index contributed by atoms with van der Waals surface area (Å²) in [6.07, 6.45) is 2.38. The summed E-state index contributed by atoms with van der Waals surface area (Å²) in [5, 5.41) is 13.4. The van der Waals surface area contributed by atoms with Crippen molar-refractivity contribution in [2.45, 2.75) is 26.3 Å². The predicted molar refractivity (Wildman–Crippen MR) is 70.7 cm³/mol. The van der Waals surface area contributed by atoms with E-state index in [-0.39, 0.29) is 0 Å². The van der Waals surface area contributed by atoms with Gasteiger partial charge in [-0.3, -0.25) is 9.48 Å². The van der Waals surface area contributed by atoms with Crippen molar-refractivity contribution in [2.75, 3.05) is 0 Å². The van der Waals surface area contributed by atoms with Crippen molar-refractivity contribution in [3.8, 4) is 0 Å². The van der Waals surface area contributed by atoms with Crippen LogP contribution in [0, 0.1) is 5.92 Å². The minimum atomic E-state index is -0.797. The average Bonchev–Trinajstić information content (AvgIpc) is 2.86. The molecule has 5 nitrogen and oxygen atoms in total. The smallest absolute Gasteiger partial charge is 0.307 e. The van der Waals surface area contributed by atoms with Gasteiger partial charge in [-0.1, -0.05) is 30.3 Å². The van der Waals surface area contributed by atoms with E-state index in [1.165, 1.54) is 6.33 Å². The highest BCUT2D eigenvalue weighted by atomic mass is 16.4. The second-order valence-corrected chi connectivity index (χ2v) is 4.42. The number of carbonyl (C=O) groups is 1. The normalized spacial score (nSPS) is 12.3. The summed E-state index contributed by atoms with van der Waals surface area (Å²) in [7, 11) is 0. The monoisotopic (exact) mass is 259 g/mol. The Hall–Kier alpha value is -2.17. The van der Waals surface area contributed by atoms with E-state index in [1.807, 2.05) is 37.3 Å². The number of aryl methyl sites for hydroxylation is 1. The molecule has 0 bridgehead atoms. The second kappa shape index (κ2) is 6.13. The molecule has 1 aromatic carbocycles. The van der Waals surface area contributed by atoms with E-state index in [4.69, 9.17) is 0 Å². The number of benzene rings is 1. The zero-order valence-corrected chi connectivity index (χ0v) is 10.9. The largest absolute Gasteiger partial charge is 0.481 e. The third kappa shape index (κ3) is 3.40. The van der Waals surface area contributed by atoms with Gasteiger partial charge in [-0.05, 0) is 18.9 Å². The van der Waals surface area contributed by atoms with Crippen molar-refractivity contribution in [3.63, 3.8) is 0 Å². The summed E-state index contributed by atoms with van der Waals surface area (Å²) in [5.74, 6) is -0.544. The van der Waals surface area contributed by atoms with Crippen molar-refractivity contribution in [1.82, 2.24) is 14.8 Å². The number of carboxylic acids is 1. The number of carboxylic acid groups (broad SMARTS) is 1. The number of hydrogen-bond acceptors (Lipinski definition) is 3. The van der Waals surface area contributed by atoms with Gasteiger partial charge in [-0.2, -0.15) is 5.10 Å². The Morgan fingerprint density at radius 2 is 2.05 bits per heavy atom. The molecule has 2 aromatic rings. The van der Waals surface area contributed by atoms with Crippen molar-refractivity contribution >= 4 is 5.97 Å². The fraction of sp³-hybridized carbons (Fsp3) is 0.357. The lowest BCUT2D eigenvalue weighted by molar-refractivity contribution is -0.141. The lowest BCUT2D eigenvalue weighted by atomic mass is 9.96. The lowest BCUT2D eigenvalue weighted by Crippen LogP contribution is -2.21. The molecule has 1 N–H and O–H groups in total. The molecule has 5 heteroatoms. The maximum atomic E-state index is 11.4. The summed E-state index contributed by atoms with van der Waals surface area (Å²) < 4.78 is 1.74. The minimum Gasteiger partial charge on any atom is -0.481 e. The van der Waals surface area contributed by atoms with Crippen molar-refractivity contribution in [2.24, 2.45) is 5.92 Å². The first-order valence-electron chi connectivity index (χ1n) is 6.34. The van der Waals surface area contributed by atoms with Gasteiger partial charge < -0.3 is 5.11 Å². The Morgan fingerprint density at radius 3 is 2.68 bits per heavy atom. The van der Waals surface area contributed by atoms with Crippen LogP contribution in [0.1, 0.15) is 18.3 Å². The van der Waals surface area contributed by atoms with Gasteiger partial charge in [-0.25, -0.2) is 4.98 Å². The van der Waals surface area contributed by atoms with Crippen LogP contribution in [0.4, 0.5) is 0 Å². The van der Waals surface area contributed by atoms with Crippen LogP contribution in [0.3, 0.4) is 0 Å². The molecule has 0 aliphatic carbocycles. The molecule has 2 rings (SSSR count). The number of rotatable bonds is 6. The molecule has 1 unspecified atom stereocenters. The molecule has 0 amide bonds. The Morgan fingerprint density at radius 1 is 1.32 bits per heavy atom. The first-order valence-corrected chi connectivity index (χ1v) is 6.34. The third-order valence-electron chi connectivity index (χ3n) is 3.10. The minimum absolute atomic E-state index is 0.401. The van der Waals surface area contributed by atoms with Gasteiger partial charge in [0.2, 0.25) is 0 Å². The molecule has 0 saturated heterocycles. The first-order chi connectivity index (χ1) is 9.20. The van der Waals surface area contributed by atoms with Crippen LogP contribution in [-0.2, 0) is 24.2 Å². The van der Waals surface area contributed by atoms with Crippen LogP contribution < -0.4 is 0 Å². The van der Waals surface area contributed by atoms with E-state index in [0.29, 0.717) is 19.4 Å². The Balaban J connectivity index is 2.11. The summed E-state index contributed by atoms with van der Waals surface area (Å²) in [6.45, 7) is 2.66. The van der Waals surface area contributed by atoms with Crippen molar-refractivity contribution < 1.29 is 9.90 Å². The number of aromatic nitrogens is 3. The third-order valence-corrected chi connectivity index (χ3v) is 3.10. The molecule has 0 radical (unpaired) electrons. The van der Waals surface area contributed by atoms with Gasteiger partial charge in [0.15, 0.2) is 0 Å². The number of aliphatic carboxylic acids is 1. The number of nitrogens with zero attached hydrogens (tertiary/aromatic N) is 3. The molecule has 1 aromatic heterocycles. The highest BCUT2D eigenvalue weighted by Gasteiger charge is 2.21. The molecule has 1 heterocycles. The molecule has 100 valence electrons. The predicted octanol–water partition coefficient (Wildman–Crippen LogP) is 1.78. The maximum absolute atomic E-state index is 11.4. The summed E-state index contributed by atoms with van der Waals surface area (Å²) >= 11 is 0. The molecule has 0 aliphatic rings. The molecule has 0 aliphatic heterocycles. The SMILES string of the molecule is CCn1ncnc1CC(Cc1ccccc1)C(=O)O. The quantitative estimate of drug-likeness (QED) is 0.858. The van der Waals surface area contributed by atoms with Gasteiger partial charge in [0.05, 0.1) is 5.92 Å². The average molecular weight is 259 g/mol. The van der Waals surface area contributed by atoms with Gasteiger partial charge in [0, 0.05) is 13.0 Å². The van der Waals surface area contributed by atoms with Gasteiger partial charge in [0.1, 0.15) is 12.2 Å². The van der Waals surface area contributed by atoms with E-state index in [1.54, 1.807) is 4.68 Å². The van der Waals surface area contributed by atoms with Gasteiger partial charge in [-0.15, -0.1) is 0 Å². The zero-order chi connectivity index (χ0) is 13.7. The fourth-order valence-corrected chi connectivity index (χ4v) is 2.08. The Labute approximate surface area is 111 Å².